The number of hydrogen-bond donors (Lipinski definition) is 2. The van der Waals surface area contributed by atoms with Crippen molar-refractivity contribution in [3.05, 3.63) is 63.6 Å². The van der Waals surface area contributed by atoms with Gasteiger partial charge in [-0.2, -0.15) is 5.10 Å². The highest BCUT2D eigenvalue weighted by molar-refractivity contribution is 7.10. The van der Waals surface area contributed by atoms with Gasteiger partial charge < -0.3 is 10.2 Å². The Bertz CT molecular complexity index is 960. The minimum Gasteiger partial charge on any atom is -0.321 e. The summed E-state index contributed by atoms with van der Waals surface area (Å²) in [5.74, 6) is 0.0503. The van der Waals surface area contributed by atoms with Crippen LogP contribution in [0, 0.1) is 13.8 Å². The Morgan fingerprint density at radius 1 is 1.30 bits per heavy atom. The number of para-hydroxylation sites is 1. The topological polar surface area (TPSA) is 51.4 Å². The molecule has 0 aliphatic carbocycles. The number of quaternary nitrogens is 1. The van der Waals surface area contributed by atoms with Gasteiger partial charge in [-0.3, -0.25) is 4.79 Å². The lowest BCUT2D eigenvalue weighted by Gasteiger charge is -2.29. The maximum absolute atomic E-state index is 12.8. The Kier molecular flexibility index (Phi) is 4.85. The first-order valence-corrected chi connectivity index (χ1v) is 10.2. The molecule has 2 atom stereocenters. The van der Waals surface area contributed by atoms with Crippen LogP contribution in [0.25, 0.3) is 5.69 Å². The van der Waals surface area contributed by atoms with E-state index in [4.69, 9.17) is 0 Å². The van der Waals surface area contributed by atoms with E-state index in [9.17, 15) is 4.79 Å². The van der Waals surface area contributed by atoms with E-state index in [1.807, 2.05) is 60.2 Å². The summed E-state index contributed by atoms with van der Waals surface area (Å²) in [5.41, 5.74) is 5.02. The largest absolute Gasteiger partial charge is 0.321 e. The van der Waals surface area contributed by atoms with Crippen molar-refractivity contribution < 1.29 is 9.69 Å². The van der Waals surface area contributed by atoms with Gasteiger partial charge in [0.1, 0.15) is 6.04 Å². The van der Waals surface area contributed by atoms with Crippen LogP contribution in [0.1, 0.15) is 34.8 Å². The molecular weight excluding hydrogens is 356 g/mol. The third kappa shape index (κ3) is 3.42. The number of carbonyl (C=O) groups is 1. The van der Waals surface area contributed by atoms with Gasteiger partial charge in [0.2, 0.25) is 0 Å². The zero-order chi connectivity index (χ0) is 19.0. The molecule has 1 aromatic carbocycles. The molecule has 0 bridgehead atoms. The highest BCUT2D eigenvalue weighted by atomic mass is 32.1. The first kappa shape index (κ1) is 17.9. The molecule has 0 spiro atoms. The van der Waals surface area contributed by atoms with Crippen molar-refractivity contribution in [2.75, 3.05) is 18.4 Å². The zero-order valence-electron chi connectivity index (χ0n) is 16.0. The van der Waals surface area contributed by atoms with Gasteiger partial charge in [-0.15, -0.1) is 11.3 Å². The third-order valence-electron chi connectivity index (χ3n) is 5.48. The fourth-order valence-electron chi connectivity index (χ4n) is 3.93. The molecule has 0 saturated heterocycles. The number of aryl methyl sites for hydroxylation is 1. The van der Waals surface area contributed by atoms with Crippen LogP contribution in [0.4, 0.5) is 5.69 Å². The summed E-state index contributed by atoms with van der Waals surface area (Å²) in [6, 6.07) is 12.6. The molecule has 0 radical (unpaired) electrons. The molecule has 140 valence electrons. The van der Waals surface area contributed by atoms with Crippen LogP contribution < -0.4 is 10.2 Å². The van der Waals surface area contributed by atoms with Crippen molar-refractivity contribution in [2.45, 2.75) is 33.2 Å². The average Bonchev–Trinajstić information content (AvgIpc) is 3.25. The fraction of sp³-hybridized carbons (Fsp3) is 0.333. The van der Waals surface area contributed by atoms with E-state index in [-0.39, 0.29) is 5.91 Å². The van der Waals surface area contributed by atoms with E-state index in [2.05, 4.69) is 28.8 Å². The molecule has 1 unspecified atom stereocenters. The Morgan fingerprint density at radius 3 is 2.85 bits per heavy atom. The Labute approximate surface area is 163 Å². The molecule has 2 aromatic heterocycles. The van der Waals surface area contributed by atoms with Crippen molar-refractivity contribution >= 4 is 22.9 Å². The number of fused-ring (bicyclic) bond motifs is 1. The van der Waals surface area contributed by atoms with Crippen molar-refractivity contribution in [2.24, 2.45) is 0 Å². The zero-order valence-corrected chi connectivity index (χ0v) is 16.8. The molecule has 1 amide bonds. The molecule has 1 aliphatic rings. The number of amides is 1. The smallest absolute Gasteiger partial charge is 0.279 e. The minimum atomic E-state index is 0.0503. The quantitative estimate of drug-likeness (QED) is 0.730. The Hall–Kier alpha value is -2.44. The van der Waals surface area contributed by atoms with Crippen molar-refractivity contribution in [1.82, 2.24) is 9.78 Å². The van der Waals surface area contributed by atoms with E-state index >= 15 is 0 Å². The van der Waals surface area contributed by atoms with Gasteiger partial charge >= 0.3 is 0 Å². The van der Waals surface area contributed by atoms with Gasteiger partial charge in [0.25, 0.3) is 5.91 Å². The summed E-state index contributed by atoms with van der Waals surface area (Å²) in [4.78, 5) is 15.6. The maximum atomic E-state index is 12.8. The van der Waals surface area contributed by atoms with Gasteiger partial charge in [-0.25, -0.2) is 4.68 Å². The van der Waals surface area contributed by atoms with Crippen LogP contribution >= 0.6 is 11.3 Å². The second-order valence-electron chi connectivity index (χ2n) is 7.20. The van der Waals surface area contributed by atoms with Crippen LogP contribution in [0.3, 0.4) is 0 Å². The minimum absolute atomic E-state index is 0.0503. The number of anilines is 1. The lowest BCUT2D eigenvalue weighted by Crippen LogP contribution is -3.14. The van der Waals surface area contributed by atoms with Crippen molar-refractivity contribution in [3.8, 4) is 5.69 Å². The van der Waals surface area contributed by atoms with E-state index in [1.165, 1.54) is 15.3 Å². The summed E-state index contributed by atoms with van der Waals surface area (Å²) in [7, 11) is 0. The standard InChI is InChI=1S/C21H24N4OS/c1-14-21(16(3)25(23-14)17-7-5-4-6-8-17)22-20(26)13-24-11-9-19-18(15(24)2)10-12-27-19/h4-8,10,12,15H,9,11,13H2,1-3H3,(H,22,26)/p+1/t15-/m0/s1. The third-order valence-corrected chi connectivity index (χ3v) is 6.47. The van der Waals surface area contributed by atoms with Crippen molar-refractivity contribution in [1.29, 1.82) is 0 Å². The van der Waals surface area contributed by atoms with Gasteiger partial charge in [-0.05, 0) is 44.4 Å². The van der Waals surface area contributed by atoms with E-state index in [0.717, 1.165) is 35.7 Å². The van der Waals surface area contributed by atoms with Crippen molar-refractivity contribution in [3.63, 3.8) is 0 Å². The molecular formula is C21H25N4OS+. The van der Waals surface area contributed by atoms with Crippen LogP contribution in [0.2, 0.25) is 0 Å². The number of aromatic nitrogens is 2. The molecule has 3 heterocycles. The number of carbonyl (C=O) groups excluding carboxylic acids is 1. The number of rotatable bonds is 4. The molecule has 1 aliphatic heterocycles. The monoisotopic (exact) mass is 381 g/mol. The van der Waals surface area contributed by atoms with Crippen LogP contribution in [-0.4, -0.2) is 28.8 Å². The highest BCUT2D eigenvalue weighted by Gasteiger charge is 2.30. The second-order valence-corrected chi connectivity index (χ2v) is 8.20. The Balaban J connectivity index is 1.48. The summed E-state index contributed by atoms with van der Waals surface area (Å²) >= 11 is 1.83. The van der Waals surface area contributed by atoms with Gasteiger partial charge in [0.05, 0.1) is 29.3 Å². The van der Waals surface area contributed by atoms with Crippen LogP contribution in [0.5, 0.6) is 0 Å². The molecule has 0 saturated carbocycles. The normalized spacial score (nSPS) is 18.9. The van der Waals surface area contributed by atoms with E-state index in [0.29, 0.717) is 12.6 Å². The SMILES string of the molecule is Cc1nn(-c2ccccc2)c(C)c1NC(=O)C[NH+]1CCc2sccc2[C@@H]1C. The van der Waals surface area contributed by atoms with E-state index < -0.39 is 0 Å². The first-order chi connectivity index (χ1) is 13.0. The average molecular weight is 382 g/mol. The number of thiophene rings is 1. The molecule has 4 rings (SSSR count). The predicted octanol–water partition coefficient (Wildman–Crippen LogP) is 2.69. The summed E-state index contributed by atoms with van der Waals surface area (Å²) in [6.07, 6.45) is 1.06. The lowest BCUT2D eigenvalue weighted by atomic mass is 10.0. The summed E-state index contributed by atoms with van der Waals surface area (Å²) < 4.78 is 1.89. The van der Waals surface area contributed by atoms with Gasteiger partial charge in [0.15, 0.2) is 6.54 Å². The number of nitrogens with zero attached hydrogens (tertiary/aromatic N) is 2. The molecule has 5 nitrogen and oxygen atoms in total. The van der Waals surface area contributed by atoms with Gasteiger partial charge in [-0.1, -0.05) is 18.2 Å². The molecule has 6 heteroatoms. The van der Waals surface area contributed by atoms with Crippen LogP contribution in [-0.2, 0) is 11.2 Å². The maximum Gasteiger partial charge on any atom is 0.279 e. The highest BCUT2D eigenvalue weighted by Crippen LogP contribution is 2.25. The predicted molar refractivity (Wildman–Crippen MR) is 109 cm³/mol. The summed E-state index contributed by atoms with van der Waals surface area (Å²) in [5, 5.41) is 9.89. The second kappa shape index (κ2) is 7.29. The number of hydrogen-bond acceptors (Lipinski definition) is 3. The number of benzene rings is 1. The van der Waals surface area contributed by atoms with Crippen LogP contribution in [0.15, 0.2) is 41.8 Å². The fourth-order valence-corrected chi connectivity index (χ4v) is 4.91. The molecule has 2 N–H and O–H groups in total. The Morgan fingerprint density at radius 2 is 2.07 bits per heavy atom. The molecule has 27 heavy (non-hydrogen) atoms. The van der Waals surface area contributed by atoms with Gasteiger partial charge in [0, 0.05) is 16.9 Å². The number of nitrogens with one attached hydrogen (secondary N) is 2. The first-order valence-electron chi connectivity index (χ1n) is 9.37. The molecule has 0 fully saturated rings. The lowest BCUT2D eigenvalue weighted by molar-refractivity contribution is -0.923. The molecule has 3 aromatic rings. The summed E-state index contributed by atoms with van der Waals surface area (Å²) in [6.45, 7) is 7.64. The van der Waals surface area contributed by atoms with E-state index in [1.54, 1.807) is 0 Å².